The molecule has 1 aliphatic heterocycles. The predicted octanol–water partition coefficient (Wildman–Crippen LogP) is 3.46. The average Bonchev–Trinajstić information content (AvgIpc) is 2.59. The van der Waals surface area contributed by atoms with Crippen LogP contribution in [-0.2, 0) is 16.1 Å². The minimum Gasteiger partial charge on any atom is -0.486 e. The fourth-order valence-corrected chi connectivity index (χ4v) is 2.68. The summed E-state index contributed by atoms with van der Waals surface area (Å²) in [4.78, 5) is 24.8. The standard InChI is InChI=1S/C18H18ClN3O4/c1-18(2,3)17(24)20-11-6-5-9-10-7-13(19)22-21-12(10)8-26-15(9)14(11)16(23)25-4/h5-7H,8H2,1-4H3,(H,20,24). The first kappa shape index (κ1) is 18.1. The Balaban J connectivity index is 2.16. The molecule has 2 heterocycles. The van der Waals surface area contributed by atoms with E-state index < -0.39 is 11.4 Å². The van der Waals surface area contributed by atoms with Crippen molar-refractivity contribution in [3.8, 4) is 16.9 Å². The van der Waals surface area contributed by atoms with Crippen molar-refractivity contribution >= 4 is 29.2 Å². The van der Waals surface area contributed by atoms with Crippen LogP contribution >= 0.6 is 11.6 Å². The molecule has 0 radical (unpaired) electrons. The van der Waals surface area contributed by atoms with E-state index >= 15 is 0 Å². The van der Waals surface area contributed by atoms with Gasteiger partial charge in [0.2, 0.25) is 5.91 Å². The topological polar surface area (TPSA) is 90.4 Å². The van der Waals surface area contributed by atoms with Crippen LogP contribution in [0.15, 0.2) is 18.2 Å². The molecule has 26 heavy (non-hydrogen) atoms. The summed E-state index contributed by atoms with van der Waals surface area (Å²) in [5.41, 5.74) is 1.83. The molecule has 1 aliphatic rings. The van der Waals surface area contributed by atoms with Gasteiger partial charge in [0.15, 0.2) is 5.15 Å². The molecule has 1 aromatic heterocycles. The van der Waals surface area contributed by atoms with E-state index in [0.29, 0.717) is 22.7 Å². The van der Waals surface area contributed by atoms with Crippen molar-refractivity contribution in [2.24, 2.45) is 5.41 Å². The van der Waals surface area contributed by atoms with Gasteiger partial charge in [0.25, 0.3) is 0 Å². The van der Waals surface area contributed by atoms with Crippen LogP contribution in [-0.4, -0.2) is 29.2 Å². The number of hydrogen-bond acceptors (Lipinski definition) is 6. The van der Waals surface area contributed by atoms with Gasteiger partial charge in [-0.2, -0.15) is 0 Å². The zero-order valence-corrected chi connectivity index (χ0v) is 15.6. The molecule has 1 N–H and O–H groups in total. The Bertz CT molecular complexity index is 906. The highest BCUT2D eigenvalue weighted by molar-refractivity contribution is 6.29. The quantitative estimate of drug-likeness (QED) is 0.808. The molecule has 7 nitrogen and oxygen atoms in total. The molecular formula is C18H18ClN3O4. The molecular weight excluding hydrogens is 358 g/mol. The molecule has 2 aromatic rings. The number of hydrogen-bond donors (Lipinski definition) is 1. The van der Waals surface area contributed by atoms with Crippen LogP contribution in [0.1, 0.15) is 36.8 Å². The van der Waals surface area contributed by atoms with Crippen molar-refractivity contribution in [3.05, 3.63) is 34.6 Å². The van der Waals surface area contributed by atoms with Gasteiger partial charge in [-0.15, -0.1) is 10.2 Å². The van der Waals surface area contributed by atoms with Gasteiger partial charge in [-0.1, -0.05) is 32.4 Å². The van der Waals surface area contributed by atoms with E-state index in [-0.39, 0.29) is 23.2 Å². The Morgan fingerprint density at radius 1 is 1.23 bits per heavy atom. The van der Waals surface area contributed by atoms with Crippen molar-refractivity contribution in [2.45, 2.75) is 27.4 Å². The smallest absolute Gasteiger partial charge is 0.343 e. The Morgan fingerprint density at radius 2 is 1.96 bits per heavy atom. The third-order valence-corrected chi connectivity index (χ3v) is 4.15. The maximum Gasteiger partial charge on any atom is 0.343 e. The number of methoxy groups -OCH3 is 1. The lowest BCUT2D eigenvalue weighted by atomic mass is 9.94. The number of anilines is 1. The lowest BCUT2D eigenvalue weighted by Gasteiger charge is -2.24. The highest BCUT2D eigenvalue weighted by atomic mass is 35.5. The van der Waals surface area contributed by atoms with Crippen LogP contribution < -0.4 is 10.1 Å². The molecule has 0 aliphatic carbocycles. The van der Waals surface area contributed by atoms with Gasteiger partial charge in [0.05, 0.1) is 12.8 Å². The summed E-state index contributed by atoms with van der Waals surface area (Å²) in [6, 6.07) is 5.05. The van der Waals surface area contributed by atoms with Crippen LogP contribution in [0.2, 0.25) is 5.15 Å². The number of halogens is 1. The minimum atomic E-state index is -0.625. The SMILES string of the molecule is COC(=O)c1c(NC(=O)C(C)(C)C)ccc2c1OCc1nnc(Cl)cc1-2. The van der Waals surface area contributed by atoms with E-state index in [4.69, 9.17) is 21.1 Å². The van der Waals surface area contributed by atoms with Gasteiger partial charge in [0, 0.05) is 16.5 Å². The summed E-state index contributed by atoms with van der Waals surface area (Å²) < 4.78 is 10.7. The van der Waals surface area contributed by atoms with Crippen LogP contribution in [0.25, 0.3) is 11.1 Å². The molecule has 0 spiro atoms. The Kier molecular flexibility index (Phi) is 4.58. The molecule has 3 rings (SSSR count). The first-order chi connectivity index (χ1) is 12.2. The van der Waals surface area contributed by atoms with Crippen LogP contribution in [0.4, 0.5) is 5.69 Å². The van der Waals surface area contributed by atoms with Crippen LogP contribution in [0.3, 0.4) is 0 Å². The number of amides is 1. The normalized spacial score (nSPS) is 12.5. The van der Waals surface area contributed by atoms with Gasteiger partial charge < -0.3 is 14.8 Å². The van der Waals surface area contributed by atoms with Crippen molar-refractivity contribution in [1.82, 2.24) is 10.2 Å². The van der Waals surface area contributed by atoms with Gasteiger partial charge >= 0.3 is 5.97 Å². The van der Waals surface area contributed by atoms with E-state index in [1.54, 1.807) is 39.0 Å². The number of aromatic nitrogens is 2. The Labute approximate surface area is 155 Å². The summed E-state index contributed by atoms with van der Waals surface area (Å²) in [5.74, 6) is -0.518. The van der Waals surface area contributed by atoms with Crippen molar-refractivity contribution in [1.29, 1.82) is 0 Å². The van der Waals surface area contributed by atoms with Crippen LogP contribution in [0, 0.1) is 5.41 Å². The first-order valence-corrected chi connectivity index (χ1v) is 8.32. The van der Waals surface area contributed by atoms with E-state index in [2.05, 4.69) is 15.5 Å². The second-order valence-electron chi connectivity index (χ2n) is 6.88. The molecule has 0 saturated heterocycles. The Hall–Kier alpha value is -2.67. The van der Waals surface area contributed by atoms with Crippen molar-refractivity contribution in [2.75, 3.05) is 12.4 Å². The number of nitrogens with one attached hydrogen (secondary N) is 1. The van der Waals surface area contributed by atoms with Gasteiger partial charge in [-0.3, -0.25) is 4.79 Å². The number of benzene rings is 1. The van der Waals surface area contributed by atoms with Crippen LogP contribution in [0.5, 0.6) is 5.75 Å². The average molecular weight is 376 g/mol. The number of esters is 1. The second-order valence-corrected chi connectivity index (χ2v) is 7.26. The fraction of sp³-hybridized carbons (Fsp3) is 0.333. The molecule has 0 atom stereocenters. The second kappa shape index (κ2) is 6.57. The number of ether oxygens (including phenoxy) is 2. The van der Waals surface area contributed by atoms with Crippen molar-refractivity contribution in [3.63, 3.8) is 0 Å². The molecule has 0 fully saturated rings. The summed E-state index contributed by atoms with van der Waals surface area (Å²) >= 11 is 5.96. The molecule has 0 bridgehead atoms. The predicted molar refractivity (Wildman–Crippen MR) is 96.2 cm³/mol. The number of rotatable bonds is 2. The zero-order valence-electron chi connectivity index (χ0n) is 14.8. The van der Waals surface area contributed by atoms with Crippen molar-refractivity contribution < 1.29 is 19.1 Å². The largest absolute Gasteiger partial charge is 0.486 e. The third-order valence-electron chi connectivity index (χ3n) is 3.96. The summed E-state index contributed by atoms with van der Waals surface area (Å²) in [6.07, 6.45) is 0. The lowest BCUT2D eigenvalue weighted by molar-refractivity contribution is -0.123. The molecule has 0 unspecified atom stereocenters. The number of nitrogens with zero attached hydrogens (tertiary/aromatic N) is 2. The summed E-state index contributed by atoms with van der Waals surface area (Å²) in [7, 11) is 1.27. The van der Waals surface area contributed by atoms with Gasteiger partial charge in [-0.25, -0.2) is 4.79 Å². The molecule has 8 heteroatoms. The van der Waals surface area contributed by atoms with E-state index in [0.717, 1.165) is 5.56 Å². The lowest BCUT2D eigenvalue weighted by Crippen LogP contribution is -2.28. The van der Waals surface area contributed by atoms with E-state index in [9.17, 15) is 9.59 Å². The molecule has 1 aromatic carbocycles. The van der Waals surface area contributed by atoms with Gasteiger partial charge in [-0.05, 0) is 18.2 Å². The summed E-state index contributed by atoms with van der Waals surface area (Å²) in [5, 5.41) is 10.8. The first-order valence-electron chi connectivity index (χ1n) is 7.94. The molecule has 0 saturated carbocycles. The molecule has 1 amide bonds. The van der Waals surface area contributed by atoms with E-state index in [1.165, 1.54) is 7.11 Å². The number of carbonyl (C=O) groups is 2. The van der Waals surface area contributed by atoms with Gasteiger partial charge in [0.1, 0.15) is 23.6 Å². The monoisotopic (exact) mass is 375 g/mol. The third kappa shape index (κ3) is 3.22. The highest BCUT2D eigenvalue weighted by Crippen LogP contribution is 2.43. The molecule has 136 valence electrons. The van der Waals surface area contributed by atoms with E-state index in [1.807, 2.05) is 0 Å². The minimum absolute atomic E-state index is 0.132. The Morgan fingerprint density at radius 3 is 2.62 bits per heavy atom. The maximum absolute atomic E-state index is 12.4. The number of carbonyl (C=O) groups excluding carboxylic acids is 2. The zero-order chi connectivity index (χ0) is 19.1. The summed E-state index contributed by atoms with van der Waals surface area (Å²) in [6.45, 7) is 5.48. The number of fused-ring (bicyclic) bond motifs is 3. The highest BCUT2D eigenvalue weighted by Gasteiger charge is 2.30. The fourth-order valence-electron chi connectivity index (χ4n) is 2.54. The maximum atomic E-state index is 12.4.